The van der Waals surface area contributed by atoms with Gasteiger partial charge in [0, 0.05) is 22.3 Å². The maximum Gasteiger partial charge on any atom is 0.318 e. The number of esters is 1. The van der Waals surface area contributed by atoms with Gasteiger partial charge in [0.15, 0.2) is 0 Å². The van der Waals surface area contributed by atoms with E-state index < -0.39 is 29.4 Å². The quantitative estimate of drug-likeness (QED) is 0.178. The largest absolute Gasteiger partial charge is 0.425 e. The van der Waals surface area contributed by atoms with Crippen molar-refractivity contribution in [1.82, 2.24) is 0 Å². The van der Waals surface area contributed by atoms with E-state index >= 15 is 0 Å². The van der Waals surface area contributed by atoms with Gasteiger partial charge in [-0.15, -0.1) is 0 Å². The number of carbonyl (C=O) groups is 2. The van der Waals surface area contributed by atoms with E-state index in [4.69, 9.17) is 16.3 Å². The molecule has 1 atom stereocenters. The zero-order chi connectivity index (χ0) is 28.1. The number of nitrogens with one attached hydrogen (secondary N) is 1. The van der Waals surface area contributed by atoms with Crippen LogP contribution in [0.2, 0.25) is 5.02 Å². The molecule has 7 heteroatoms. The number of hydrogen-bond acceptors (Lipinski definition) is 3. The SMILES string of the molecule is CC(C)Cc1ccc(C(C)C(=O)Oc2ccc(-c3ccc(F)cc3F)cc2C(=O)Nc2ccc(Cl)cc2)cc1. The number of amides is 1. The molecule has 0 radical (unpaired) electrons. The summed E-state index contributed by atoms with van der Waals surface area (Å²) < 4.78 is 33.7. The van der Waals surface area contributed by atoms with Crippen LogP contribution in [0.3, 0.4) is 0 Å². The van der Waals surface area contributed by atoms with Crippen LogP contribution in [-0.4, -0.2) is 11.9 Å². The first-order valence-corrected chi connectivity index (χ1v) is 13.0. The van der Waals surface area contributed by atoms with Crippen molar-refractivity contribution in [3.05, 3.63) is 118 Å². The van der Waals surface area contributed by atoms with Gasteiger partial charge in [-0.25, -0.2) is 8.78 Å². The van der Waals surface area contributed by atoms with Gasteiger partial charge in [-0.1, -0.05) is 55.8 Å². The van der Waals surface area contributed by atoms with E-state index in [2.05, 4.69) is 19.2 Å². The number of hydrogen-bond donors (Lipinski definition) is 1. The standard InChI is InChI=1S/C32H28ClF2NO3/c1-19(2)16-21-4-6-22(7-5-21)20(3)32(38)39-30-15-8-23(27-14-11-25(34)18-29(27)35)17-28(30)31(37)36-26-12-9-24(33)10-13-26/h4-15,17-20H,16H2,1-3H3,(H,36,37). The van der Waals surface area contributed by atoms with Crippen LogP contribution in [0.15, 0.2) is 84.9 Å². The summed E-state index contributed by atoms with van der Waals surface area (Å²) in [5.74, 6) is -2.68. The van der Waals surface area contributed by atoms with Gasteiger partial charge in [0.25, 0.3) is 5.91 Å². The number of anilines is 1. The Labute approximate surface area is 231 Å². The molecular weight excluding hydrogens is 520 g/mol. The lowest BCUT2D eigenvalue weighted by atomic mass is 9.97. The normalized spacial score (nSPS) is 11.8. The van der Waals surface area contributed by atoms with Crippen LogP contribution in [0.5, 0.6) is 5.75 Å². The van der Waals surface area contributed by atoms with Crippen LogP contribution < -0.4 is 10.1 Å². The van der Waals surface area contributed by atoms with Crippen molar-refractivity contribution in [2.45, 2.75) is 33.1 Å². The molecule has 4 aromatic carbocycles. The van der Waals surface area contributed by atoms with Crippen molar-refractivity contribution < 1.29 is 23.1 Å². The van der Waals surface area contributed by atoms with Gasteiger partial charge in [0.2, 0.25) is 0 Å². The summed E-state index contributed by atoms with van der Waals surface area (Å²) in [4.78, 5) is 26.4. The van der Waals surface area contributed by atoms with E-state index in [-0.39, 0.29) is 16.9 Å². The lowest BCUT2D eigenvalue weighted by Crippen LogP contribution is -2.19. The predicted molar refractivity (Wildman–Crippen MR) is 150 cm³/mol. The molecule has 0 aliphatic carbocycles. The minimum absolute atomic E-state index is 0.0130. The Morgan fingerprint density at radius 2 is 1.56 bits per heavy atom. The molecule has 1 N–H and O–H groups in total. The first-order chi connectivity index (χ1) is 18.6. The predicted octanol–water partition coefficient (Wildman–Crippen LogP) is 8.45. The second-order valence-electron chi connectivity index (χ2n) is 9.78. The van der Waals surface area contributed by atoms with Crippen molar-refractivity contribution in [3.8, 4) is 16.9 Å². The zero-order valence-electron chi connectivity index (χ0n) is 21.8. The second kappa shape index (κ2) is 12.2. The minimum Gasteiger partial charge on any atom is -0.425 e. The lowest BCUT2D eigenvalue weighted by Gasteiger charge is -2.16. The van der Waals surface area contributed by atoms with E-state index in [1.54, 1.807) is 31.2 Å². The highest BCUT2D eigenvalue weighted by Crippen LogP contribution is 2.31. The van der Waals surface area contributed by atoms with Gasteiger partial charge >= 0.3 is 5.97 Å². The molecule has 39 heavy (non-hydrogen) atoms. The zero-order valence-corrected chi connectivity index (χ0v) is 22.6. The van der Waals surface area contributed by atoms with Crippen LogP contribution in [-0.2, 0) is 11.2 Å². The summed E-state index contributed by atoms with van der Waals surface area (Å²) in [5, 5.41) is 3.24. The first-order valence-electron chi connectivity index (χ1n) is 12.6. The van der Waals surface area contributed by atoms with E-state index in [0.29, 0.717) is 22.2 Å². The molecule has 0 fully saturated rings. The molecule has 1 unspecified atom stereocenters. The molecule has 4 rings (SSSR count). The Kier molecular flexibility index (Phi) is 8.77. The number of ether oxygens (including phenoxy) is 1. The molecule has 0 aliphatic rings. The average molecular weight is 548 g/mol. The Hall–Kier alpha value is -4.03. The molecule has 0 saturated carbocycles. The van der Waals surface area contributed by atoms with Crippen molar-refractivity contribution in [2.24, 2.45) is 5.92 Å². The summed E-state index contributed by atoms with van der Waals surface area (Å²) in [6, 6.07) is 21.8. The van der Waals surface area contributed by atoms with Crippen LogP contribution in [0.4, 0.5) is 14.5 Å². The minimum atomic E-state index is -0.779. The van der Waals surface area contributed by atoms with Gasteiger partial charge in [0.05, 0.1) is 11.5 Å². The topological polar surface area (TPSA) is 55.4 Å². The van der Waals surface area contributed by atoms with E-state index in [1.165, 1.54) is 29.8 Å². The third kappa shape index (κ3) is 7.09. The third-order valence-corrected chi connectivity index (χ3v) is 6.51. The highest BCUT2D eigenvalue weighted by Gasteiger charge is 2.22. The maximum absolute atomic E-state index is 14.5. The average Bonchev–Trinajstić information content (AvgIpc) is 2.90. The molecule has 1 amide bonds. The van der Waals surface area contributed by atoms with Crippen molar-refractivity contribution >= 4 is 29.2 Å². The molecular formula is C32H28ClF2NO3. The third-order valence-electron chi connectivity index (χ3n) is 6.26. The van der Waals surface area contributed by atoms with Crippen molar-refractivity contribution in [3.63, 3.8) is 0 Å². The molecule has 0 aromatic heterocycles. The molecule has 200 valence electrons. The van der Waals surface area contributed by atoms with E-state index in [0.717, 1.165) is 24.1 Å². The fraction of sp³-hybridized carbons (Fsp3) is 0.188. The first kappa shape index (κ1) is 28.0. The highest BCUT2D eigenvalue weighted by atomic mass is 35.5. The Bertz CT molecular complexity index is 1480. The smallest absolute Gasteiger partial charge is 0.318 e. The Balaban J connectivity index is 1.63. The Morgan fingerprint density at radius 3 is 2.21 bits per heavy atom. The van der Waals surface area contributed by atoms with Crippen molar-refractivity contribution in [1.29, 1.82) is 0 Å². The van der Waals surface area contributed by atoms with Crippen LogP contribution in [0, 0.1) is 17.6 Å². The molecule has 4 nitrogen and oxygen atoms in total. The fourth-order valence-electron chi connectivity index (χ4n) is 4.17. The highest BCUT2D eigenvalue weighted by molar-refractivity contribution is 6.30. The molecule has 0 heterocycles. The molecule has 0 spiro atoms. The molecule has 4 aromatic rings. The second-order valence-corrected chi connectivity index (χ2v) is 10.2. The molecule has 0 saturated heterocycles. The molecule has 0 aliphatic heterocycles. The number of halogens is 3. The lowest BCUT2D eigenvalue weighted by molar-refractivity contribution is -0.135. The fourth-order valence-corrected chi connectivity index (χ4v) is 4.29. The van der Waals surface area contributed by atoms with E-state index in [9.17, 15) is 18.4 Å². The number of rotatable bonds is 8. The van der Waals surface area contributed by atoms with Gasteiger partial charge in [-0.3, -0.25) is 9.59 Å². The van der Waals surface area contributed by atoms with Gasteiger partial charge in [-0.2, -0.15) is 0 Å². The number of carbonyl (C=O) groups excluding carboxylic acids is 2. The van der Waals surface area contributed by atoms with Crippen LogP contribution in [0.1, 0.15) is 48.2 Å². The summed E-state index contributed by atoms with van der Waals surface area (Å²) in [7, 11) is 0. The summed E-state index contributed by atoms with van der Waals surface area (Å²) in [6.07, 6.45) is 0.937. The summed E-state index contributed by atoms with van der Waals surface area (Å²) >= 11 is 5.94. The van der Waals surface area contributed by atoms with Crippen LogP contribution >= 0.6 is 11.6 Å². The van der Waals surface area contributed by atoms with Gasteiger partial charge in [-0.05, 0) is 84.5 Å². The molecule has 0 bridgehead atoms. The van der Waals surface area contributed by atoms with Crippen molar-refractivity contribution in [2.75, 3.05) is 5.32 Å². The maximum atomic E-state index is 14.5. The Morgan fingerprint density at radius 1 is 0.872 bits per heavy atom. The van der Waals surface area contributed by atoms with Gasteiger partial charge in [0.1, 0.15) is 17.4 Å². The number of benzene rings is 4. The van der Waals surface area contributed by atoms with Crippen LogP contribution in [0.25, 0.3) is 11.1 Å². The summed E-state index contributed by atoms with van der Waals surface area (Å²) in [6.45, 7) is 6.02. The van der Waals surface area contributed by atoms with Gasteiger partial charge < -0.3 is 10.1 Å². The van der Waals surface area contributed by atoms with E-state index in [1.807, 2.05) is 24.3 Å². The summed E-state index contributed by atoms with van der Waals surface area (Å²) in [5.41, 5.74) is 2.87. The monoisotopic (exact) mass is 547 g/mol.